The van der Waals surface area contributed by atoms with E-state index in [-0.39, 0.29) is 31.1 Å². The van der Waals surface area contributed by atoms with Gasteiger partial charge in [-0.15, -0.1) is 0 Å². The third-order valence-electron chi connectivity index (χ3n) is 14.3. The molecule has 0 aliphatic carbocycles. The minimum atomic E-state index is -0.781. The van der Waals surface area contributed by atoms with Crippen molar-refractivity contribution in [3.63, 3.8) is 0 Å². The van der Waals surface area contributed by atoms with Crippen molar-refractivity contribution in [1.82, 2.24) is 0 Å². The van der Waals surface area contributed by atoms with Crippen LogP contribution in [0.25, 0.3) is 0 Å². The molecule has 0 aliphatic rings. The maximum atomic E-state index is 12.9. The largest absolute Gasteiger partial charge is 0.462 e. The molecular weight excluding hydrogens is 901 g/mol. The Morgan fingerprint density at radius 2 is 0.493 bits per heavy atom. The van der Waals surface area contributed by atoms with Crippen molar-refractivity contribution in [2.75, 3.05) is 13.2 Å². The second kappa shape index (κ2) is 61.9. The number of hydrogen-bond donors (Lipinski definition) is 0. The van der Waals surface area contributed by atoms with Crippen molar-refractivity contribution in [3.05, 3.63) is 48.6 Å². The van der Waals surface area contributed by atoms with E-state index in [4.69, 9.17) is 14.2 Å². The first-order valence-electron chi connectivity index (χ1n) is 32.1. The van der Waals surface area contributed by atoms with Gasteiger partial charge in [0.1, 0.15) is 13.2 Å². The van der Waals surface area contributed by atoms with Crippen LogP contribution in [0.15, 0.2) is 48.6 Å². The minimum absolute atomic E-state index is 0.0785. The topological polar surface area (TPSA) is 78.9 Å². The van der Waals surface area contributed by atoms with Crippen LogP contribution in [0.5, 0.6) is 0 Å². The first-order chi connectivity index (χ1) is 36.0. The van der Waals surface area contributed by atoms with Gasteiger partial charge in [0.05, 0.1) is 0 Å². The molecule has 6 nitrogen and oxygen atoms in total. The average molecular weight is 1020 g/mol. The van der Waals surface area contributed by atoms with Crippen molar-refractivity contribution < 1.29 is 28.6 Å². The van der Waals surface area contributed by atoms with Crippen LogP contribution in [0.1, 0.15) is 342 Å². The molecule has 1 atom stereocenters. The van der Waals surface area contributed by atoms with Crippen molar-refractivity contribution in [2.24, 2.45) is 0 Å². The summed E-state index contributed by atoms with van der Waals surface area (Å²) >= 11 is 0. The molecule has 0 saturated heterocycles. The second-order valence-electron chi connectivity index (χ2n) is 21.7. The highest BCUT2D eigenvalue weighted by Crippen LogP contribution is 2.17. The summed E-state index contributed by atoms with van der Waals surface area (Å²) in [6.07, 6.45) is 76.8. The van der Waals surface area contributed by atoms with Gasteiger partial charge in [-0.25, -0.2) is 0 Å². The third kappa shape index (κ3) is 60.1. The molecule has 6 heteroatoms. The number of rotatable bonds is 59. The first kappa shape index (κ1) is 70.4. The molecule has 0 N–H and O–H groups in total. The van der Waals surface area contributed by atoms with Gasteiger partial charge in [-0.1, -0.05) is 288 Å². The summed E-state index contributed by atoms with van der Waals surface area (Å²) in [4.78, 5) is 38.3. The Bertz CT molecular complexity index is 1270. The smallest absolute Gasteiger partial charge is 0.306 e. The maximum absolute atomic E-state index is 12.9. The second-order valence-corrected chi connectivity index (χ2v) is 21.7. The number of allylic oxidation sites excluding steroid dienone is 8. The molecule has 0 aromatic rings. The van der Waals surface area contributed by atoms with Gasteiger partial charge >= 0.3 is 17.9 Å². The van der Waals surface area contributed by atoms with Crippen LogP contribution < -0.4 is 0 Å². The van der Waals surface area contributed by atoms with E-state index in [9.17, 15) is 14.4 Å². The van der Waals surface area contributed by atoms with Crippen molar-refractivity contribution in [2.45, 2.75) is 348 Å². The summed E-state index contributed by atoms with van der Waals surface area (Å²) in [5.74, 6) is -0.878. The molecule has 0 aromatic heterocycles. The quantitative estimate of drug-likeness (QED) is 0.0261. The molecule has 0 aliphatic heterocycles. The summed E-state index contributed by atoms with van der Waals surface area (Å²) in [5, 5.41) is 0. The molecule has 0 spiro atoms. The van der Waals surface area contributed by atoms with Gasteiger partial charge in [0.2, 0.25) is 0 Å². The van der Waals surface area contributed by atoms with Crippen LogP contribution in [0.3, 0.4) is 0 Å². The van der Waals surface area contributed by atoms with Crippen LogP contribution in [-0.2, 0) is 28.6 Å². The average Bonchev–Trinajstić information content (AvgIpc) is 3.39. The number of hydrogen-bond acceptors (Lipinski definition) is 6. The van der Waals surface area contributed by atoms with E-state index in [1.165, 1.54) is 218 Å². The van der Waals surface area contributed by atoms with Crippen LogP contribution >= 0.6 is 0 Å². The normalized spacial score (nSPS) is 12.3. The molecule has 426 valence electrons. The zero-order valence-corrected chi connectivity index (χ0v) is 48.9. The Morgan fingerprint density at radius 1 is 0.274 bits per heavy atom. The number of carbonyl (C=O) groups is 3. The standard InChI is InChI=1S/C67H122O6/c1-4-7-10-13-16-19-22-25-28-30-32-34-36-37-39-42-45-48-51-54-57-60-66(69)72-63-64(62-71-65(68)59-56-53-50-47-44-41-27-24-21-18-15-12-9-6-3)73-67(70)61-58-55-52-49-46-43-40-38-35-33-31-29-26-23-20-17-14-11-8-5-2/h22,24-25,27,30,32,36-37,64H,4-21,23,26,28-29,31,33-35,38-63H2,1-3H3/b25-22-,27-24-,32-30-,37-36-. The molecule has 1 unspecified atom stereocenters. The van der Waals surface area contributed by atoms with E-state index >= 15 is 0 Å². The van der Waals surface area contributed by atoms with Crippen molar-refractivity contribution in [1.29, 1.82) is 0 Å². The van der Waals surface area contributed by atoms with E-state index in [2.05, 4.69) is 69.4 Å². The maximum Gasteiger partial charge on any atom is 0.306 e. The zero-order valence-electron chi connectivity index (χ0n) is 48.9. The Labute approximate surface area is 454 Å². The predicted molar refractivity (Wildman–Crippen MR) is 316 cm³/mol. The van der Waals surface area contributed by atoms with Gasteiger partial charge in [0.25, 0.3) is 0 Å². The van der Waals surface area contributed by atoms with E-state index in [1.54, 1.807) is 0 Å². The van der Waals surface area contributed by atoms with Crippen LogP contribution in [-0.4, -0.2) is 37.2 Å². The van der Waals surface area contributed by atoms with Gasteiger partial charge in [-0.3, -0.25) is 14.4 Å². The van der Waals surface area contributed by atoms with Crippen LogP contribution in [0, 0.1) is 0 Å². The number of esters is 3. The Hall–Kier alpha value is -2.63. The van der Waals surface area contributed by atoms with E-state index < -0.39 is 6.10 Å². The molecule has 0 bridgehead atoms. The van der Waals surface area contributed by atoms with Gasteiger partial charge in [0.15, 0.2) is 6.10 Å². The lowest BCUT2D eigenvalue weighted by Crippen LogP contribution is -2.30. The summed E-state index contributed by atoms with van der Waals surface area (Å²) in [6, 6.07) is 0. The van der Waals surface area contributed by atoms with E-state index in [1.807, 2.05) is 0 Å². The summed E-state index contributed by atoms with van der Waals surface area (Å²) in [6.45, 7) is 6.65. The van der Waals surface area contributed by atoms with Gasteiger partial charge in [-0.2, -0.15) is 0 Å². The van der Waals surface area contributed by atoms with Gasteiger partial charge in [0, 0.05) is 19.3 Å². The van der Waals surface area contributed by atoms with E-state index in [0.29, 0.717) is 19.3 Å². The molecule has 0 saturated carbocycles. The fraction of sp³-hybridized carbons (Fsp3) is 0.836. The summed E-state index contributed by atoms with van der Waals surface area (Å²) in [7, 11) is 0. The third-order valence-corrected chi connectivity index (χ3v) is 14.3. The van der Waals surface area contributed by atoms with Crippen LogP contribution in [0.4, 0.5) is 0 Å². The minimum Gasteiger partial charge on any atom is -0.462 e. The van der Waals surface area contributed by atoms with Crippen molar-refractivity contribution >= 4 is 17.9 Å². The molecule has 0 heterocycles. The highest BCUT2D eigenvalue weighted by Gasteiger charge is 2.19. The molecule has 0 amide bonds. The Morgan fingerprint density at radius 3 is 0.781 bits per heavy atom. The fourth-order valence-electron chi connectivity index (χ4n) is 9.45. The van der Waals surface area contributed by atoms with Crippen molar-refractivity contribution in [3.8, 4) is 0 Å². The highest BCUT2D eigenvalue weighted by molar-refractivity contribution is 5.71. The Kier molecular flexibility index (Phi) is 59.7. The number of carbonyl (C=O) groups excluding carboxylic acids is 3. The van der Waals surface area contributed by atoms with Gasteiger partial charge < -0.3 is 14.2 Å². The SMILES string of the molecule is CCCCCCC/C=C\C/C=C\C/C=C\CCCCCCCCC(=O)OCC(COC(=O)CCCCCCC/C=C\CCCCCCC)OC(=O)CCCCCCCCCCCCCCCCCCCCCC. The van der Waals surface area contributed by atoms with E-state index in [0.717, 1.165) is 83.5 Å². The zero-order chi connectivity index (χ0) is 52.9. The molecule has 0 rings (SSSR count). The summed E-state index contributed by atoms with van der Waals surface area (Å²) in [5.41, 5.74) is 0. The predicted octanol–water partition coefficient (Wildman–Crippen LogP) is 21.8. The monoisotopic (exact) mass is 1020 g/mol. The van der Waals surface area contributed by atoms with Gasteiger partial charge in [-0.05, 0) is 83.5 Å². The molecule has 0 aromatic carbocycles. The lowest BCUT2D eigenvalue weighted by molar-refractivity contribution is -0.167. The first-order valence-corrected chi connectivity index (χ1v) is 32.1. The summed E-state index contributed by atoms with van der Waals surface area (Å²) < 4.78 is 16.9. The number of ether oxygens (including phenoxy) is 3. The lowest BCUT2D eigenvalue weighted by atomic mass is 10.0. The highest BCUT2D eigenvalue weighted by atomic mass is 16.6. The van der Waals surface area contributed by atoms with Crippen LogP contribution in [0.2, 0.25) is 0 Å². The Balaban J connectivity index is 4.35. The molecule has 0 radical (unpaired) electrons. The lowest BCUT2D eigenvalue weighted by Gasteiger charge is -2.18. The molecule has 73 heavy (non-hydrogen) atoms. The number of unbranched alkanes of at least 4 members (excludes halogenated alkanes) is 40. The molecule has 0 fully saturated rings. The molecular formula is C67H122O6. The fourth-order valence-corrected chi connectivity index (χ4v) is 9.45.